The summed E-state index contributed by atoms with van der Waals surface area (Å²) in [5.41, 5.74) is 4.39. The summed E-state index contributed by atoms with van der Waals surface area (Å²) in [6.07, 6.45) is -0.203. The monoisotopic (exact) mass is 580 g/mol. The molecule has 200 valence electrons. The van der Waals surface area contributed by atoms with Crippen molar-refractivity contribution in [3.63, 3.8) is 0 Å². The number of rotatable bonds is 9. The molecule has 0 aliphatic carbocycles. The Morgan fingerprint density at radius 3 is 2.00 bits per heavy atom. The molecule has 0 aliphatic rings. The normalized spacial score (nSPS) is 11.0. The maximum absolute atomic E-state index is 12.2. The first-order valence-corrected chi connectivity index (χ1v) is 13.1. The van der Waals surface area contributed by atoms with Crippen LogP contribution in [-0.2, 0) is 24.5 Å². The summed E-state index contributed by atoms with van der Waals surface area (Å²) in [5.74, 6) is -0.0370. The van der Waals surface area contributed by atoms with E-state index in [9.17, 15) is 14.4 Å². The zero-order valence-electron chi connectivity index (χ0n) is 22.3. The third-order valence-electron chi connectivity index (χ3n) is 5.79. The third kappa shape index (κ3) is 8.73. The second-order valence-electron chi connectivity index (χ2n) is 10.1. The molecule has 0 atom stereocenters. The molecule has 7 nitrogen and oxygen atoms in total. The lowest BCUT2D eigenvalue weighted by Gasteiger charge is -2.19. The topological polar surface area (TPSA) is 93.7 Å². The van der Waals surface area contributed by atoms with Gasteiger partial charge in [-0.2, -0.15) is 0 Å². The SMILES string of the molecule is Cc1cc(NC(=O)COC(=O)CCC(=O)Nc2ccc(Oc3ccc(C(C)(C)C)cc3)cc2)c(C)cc1Br. The van der Waals surface area contributed by atoms with Crippen molar-refractivity contribution >= 4 is 45.1 Å². The molecule has 3 aromatic rings. The standard InChI is InChI=1S/C30H33BrN2O5/c1-19-17-26(20(2)16-25(19)31)33-28(35)18-37-29(36)15-14-27(34)32-22-8-12-24(13-9-22)38-23-10-6-21(7-11-23)30(3,4)5/h6-13,16-17H,14-15,18H2,1-5H3,(H,32,34)(H,33,35). The lowest BCUT2D eigenvalue weighted by atomic mass is 9.87. The maximum atomic E-state index is 12.2. The van der Waals surface area contributed by atoms with Gasteiger partial charge in [0.15, 0.2) is 6.61 Å². The largest absolute Gasteiger partial charge is 0.457 e. The van der Waals surface area contributed by atoms with E-state index < -0.39 is 18.5 Å². The number of hydrogen-bond donors (Lipinski definition) is 2. The lowest BCUT2D eigenvalue weighted by molar-refractivity contribution is -0.147. The van der Waals surface area contributed by atoms with E-state index in [1.807, 2.05) is 50.2 Å². The van der Waals surface area contributed by atoms with Crippen molar-refractivity contribution in [2.75, 3.05) is 17.2 Å². The number of ether oxygens (including phenoxy) is 2. The van der Waals surface area contributed by atoms with E-state index >= 15 is 0 Å². The molecule has 0 heterocycles. The molecule has 3 rings (SSSR count). The highest BCUT2D eigenvalue weighted by atomic mass is 79.9. The van der Waals surface area contributed by atoms with Crippen LogP contribution in [-0.4, -0.2) is 24.4 Å². The van der Waals surface area contributed by atoms with Gasteiger partial charge in [0.25, 0.3) is 5.91 Å². The van der Waals surface area contributed by atoms with Gasteiger partial charge in [0.05, 0.1) is 6.42 Å². The highest BCUT2D eigenvalue weighted by Crippen LogP contribution is 2.28. The average Bonchev–Trinajstić information content (AvgIpc) is 2.86. The summed E-state index contributed by atoms with van der Waals surface area (Å²) in [6, 6.07) is 18.7. The number of hydrogen-bond acceptors (Lipinski definition) is 5. The molecule has 2 N–H and O–H groups in total. The van der Waals surface area contributed by atoms with E-state index in [0.29, 0.717) is 17.1 Å². The number of anilines is 2. The summed E-state index contributed by atoms with van der Waals surface area (Å²) in [5, 5.41) is 5.47. The Kier molecular flexibility index (Phi) is 9.69. The molecule has 0 unspecified atom stereocenters. The van der Waals surface area contributed by atoms with Crippen molar-refractivity contribution in [3.8, 4) is 11.5 Å². The molecule has 0 saturated heterocycles. The van der Waals surface area contributed by atoms with Gasteiger partial charge in [-0.15, -0.1) is 0 Å². The summed E-state index contributed by atoms with van der Waals surface area (Å²) < 4.78 is 11.8. The lowest BCUT2D eigenvalue weighted by Crippen LogP contribution is -2.22. The van der Waals surface area contributed by atoms with Crippen molar-refractivity contribution in [2.45, 2.75) is 52.9 Å². The minimum absolute atomic E-state index is 0.0656. The predicted molar refractivity (Wildman–Crippen MR) is 153 cm³/mol. The van der Waals surface area contributed by atoms with Gasteiger partial charge in [-0.3, -0.25) is 14.4 Å². The van der Waals surface area contributed by atoms with Crippen LogP contribution in [0.5, 0.6) is 11.5 Å². The van der Waals surface area contributed by atoms with Crippen LogP contribution < -0.4 is 15.4 Å². The number of halogens is 1. The van der Waals surface area contributed by atoms with Gasteiger partial charge >= 0.3 is 5.97 Å². The van der Waals surface area contributed by atoms with Crippen molar-refractivity contribution < 1.29 is 23.9 Å². The van der Waals surface area contributed by atoms with Gasteiger partial charge < -0.3 is 20.1 Å². The Hall–Kier alpha value is -3.65. The first kappa shape index (κ1) is 28.9. The highest BCUT2D eigenvalue weighted by molar-refractivity contribution is 9.10. The van der Waals surface area contributed by atoms with Crippen molar-refractivity contribution in [1.82, 2.24) is 0 Å². The first-order valence-electron chi connectivity index (χ1n) is 12.3. The van der Waals surface area contributed by atoms with E-state index in [1.54, 1.807) is 24.3 Å². The first-order chi connectivity index (χ1) is 17.9. The van der Waals surface area contributed by atoms with Crippen LogP contribution in [0.25, 0.3) is 0 Å². The van der Waals surface area contributed by atoms with Crippen molar-refractivity contribution in [2.24, 2.45) is 0 Å². The Morgan fingerprint density at radius 2 is 1.39 bits per heavy atom. The number of esters is 1. The Labute approximate surface area is 232 Å². The van der Waals surface area contributed by atoms with Gasteiger partial charge in [0, 0.05) is 22.3 Å². The summed E-state index contributed by atoms with van der Waals surface area (Å²) in [6.45, 7) is 9.84. The van der Waals surface area contributed by atoms with Gasteiger partial charge in [-0.25, -0.2) is 0 Å². The van der Waals surface area contributed by atoms with Crippen LogP contribution in [0, 0.1) is 13.8 Å². The summed E-state index contributed by atoms with van der Waals surface area (Å²) in [4.78, 5) is 36.4. The number of amides is 2. The quantitative estimate of drug-likeness (QED) is 0.264. The number of carbonyl (C=O) groups is 3. The fourth-order valence-corrected chi connectivity index (χ4v) is 3.98. The average molecular weight is 582 g/mol. The van der Waals surface area contributed by atoms with Crippen LogP contribution in [0.3, 0.4) is 0 Å². The zero-order chi connectivity index (χ0) is 27.9. The molecule has 0 bridgehead atoms. The zero-order valence-corrected chi connectivity index (χ0v) is 23.9. The molecular formula is C30H33BrN2O5. The maximum Gasteiger partial charge on any atom is 0.306 e. The molecule has 0 aliphatic heterocycles. The number of nitrogens with one attached hydrogen (secondary N) is 2. The second-order valence-corrected chi connectivity index (χ2v) is 10.9. The molecule has 0 radical (unpaired) electrons. The van der Waals surface area contributed by atoms with Crippen LogP contribution >= 0.6 is 15.9 Å². The Balaban J connectivity index is 1.39. The Bertz CT molecular complexity index is 1300. The second kappa shape index (κ2) is 12.7. The molecule has 3 aromatic carbocycles. The minimum Gasteiger partial charge on any atom is -0.457 e. The van der Waals surface area contributed by atoms with E-state index in [0.717, 1.165) is 21.3 Å². The molecular weight excluding hydrogens is 548 g/mol. The van der Waals surface area contributed by atoms with Crippen LogP contribution in [0.15, 0.2) is 65.1 Å². The molecule has 0 spiro atoms. The van der Waals surface area contributed by atoms with Gasteiger partial charge in [-0.05, 0) is 84.5 Å². The summed E-state index contributed by atoms with van der Waals surface area (Å²) >= 11 is 3.45. The molecule has 0 fully saturated rings. The van der Waals surface area contributed by atoms with Gasteiger partial charge in [0.2, 0.25) is 5.91 Å². The molecule has 0 saturated carbocycles. The van der Waals surface area contributed by atoms with Crippen LogP contribution in [0.4, 0.5) is 11.4 Å². The molecule has 0 aromatic heterocycles. The highest BCUT2D eigenvalue weighted by Gasteiger charge is 2.14. The number of benzene rings is 3. The molecule has 38 heavy (non-hydrogen) atoms. The van der Waals surface area contributed by atoms with Crippen LogP contribution in [0.1, 0.15) is 50.3 Å². The van der Waals surface area contributed by atoms with Crippen molar-refractivity contribution in [1.29, 1.82) is 0 Å². The Morgan fingerprint density at radius 1 is 0.789 bits per heavy atom. The third-order valence-corrected chi connectivity index (χ3v) is 6.65. The fraction of sp³-hybridized carbons (Fsp3) is 0.300. The van der Waals surface area contributed by atoms with E-state index in [2.05, 4.69) is 47.3 Å². The smallest absolute Gasteiger partial charge is 0.306 e. The predicted octanol–water partition coefficient (Wildman–Crippen LogP) is 7.06. The molecule has 2 amide bonds. The summed E-state index contributed by atoms with van der Waals surface area (Å²) in [7, 11) is 0. The van der Waals surface area contributed by atoms with Crippen LogP contribution in [0.2, 0.25) is 0 Å². The van der Waals surface area contributed by atoms with E-state index in [-0.39, 0.29) is 24.2 Å². The van der Waals surface area contributed by atoms with Gasteiger partial charge in [-0.1, -0.05) is 48.8 Å². The number of carbonyl (C=O) groups excluding carboxylic acids is 3. The van der Waals surface area contributed by atoms with E-state index in [1.165, 1.54) is 5.56 Å². The molecule has 8 heteroatoms. The van der Waals surface area contributed by atoms with Crippen molar-refractivity contribution in [3.05, 3.63) is 81.8 Å². The van der Waals surface area contributed by atoms with Gasteiger partial charge in [0.1, 0.15) is 11.5 Å². The minimum atomic E-state index is -0.625. The van der Waals surface area contributed by atoms with E-state index in [4.69, 9.17) is 9.47 Å². The number of aryl methyl sites for hydroxylation is 2. The fourth-order valence-electron chi connectivity index (χ4n) is 3.52.